The Labute approximate surface area is 135 Å². The first-order valence-electron chi connectivity index (χ1n) is 7.45. The minimum atomic E-state index is -0.122. The summed E-state index contributed by atoms with van der Waals surface area (Å²) in [7, 11) is 1.62. The maximum Gasteiger partial charge on any atom is 0.253 e. The number of carbonyl (C=O) groups is 1. The van der Waals surface area contributed by atoms with Gasteiger partial charge in [-0.3, -0.25) is 9.78 Å². The van der Waals surface area contributed by atoms with Crippen molar-refractivity contribution < 1.29 is 9.53 Å². The van der Waals surface area contributed by atoms with Crippen LogP contribution < -0.4 is 10.1 Å². The molecular weight excluding hydrogens is 288 g/mol. The van der Waals surface area contributed by atoms with Gasteiger partial charge in [0.1, 0.15) is 5.75 Å². The number of nitrogens with zero attached hydrogens (tertiary/aromatic N) is 1. The molecule has 0 fully saturated rings. The van der Waals surface area contributed by atoms with Crippen LogP contribution in [0.25, 0.3) is 10.9 Å². The van der Waals surface area contributed by atoms with Crippen LogP contribution in [0.5, 0.6) is 5.75 Å². The molecule has 0 aliphatic heterocycles. The van der Waals surface area contributed by atoms with Gasteiger partial charge < -0.3 is 10.1 Å². The van der Waals surface area contributed by atoms with Gasteiger partial charge in [-0.25, -0.2) is 0 Å². The van der Waals surface area contributed by atoms with E-state index >= 15 is 0 Å². The summed E-state index contributed by atoms with van der Waals surface area (Å²) in [5.74, 6) is 0.627. The second-order valence-corrected chi connectivity index (χ2v) is 5.35. The van der Waals surface area contributed by atoms with E-state index in [0.717, 1.165) is 22.2 Å². The molecule has 3 aromatic rings. The van der Waals surface area contributed by atoms with Crippen molar-refractivity contribution >= 4 is 16.8 Å². The topological polar surface area (TPSA) is 51.2 Å². The van der Waals surface area contributed by atoms with Gasteiger partial charge in [-0.2, -0.15) is 0 Å². The number of pyridine rings is 1. The third-order valence-corrected chi connectivity index (χ3v) is 3.75. The molecule has 0 saturated heterocycles. The van der Waals surface area contributed by atoms with Crippen LogP contribution in [0, 0.1) is 6.92 Å². The molecule has 1 amide bonds. The number of aryl methyl sites for hydroxylation is 1. The van der Waals surface area contributed by atoms with E-state index in [0.29, 0.717) is 17.8 Å². The standard InChI is InChI=1S/C19H18N2O2/c1-13-17(19(22)20-12-14-6-4-3-5-7-14)11-15-10-16(23-2)8-9-18(15)21-13/h3-11H,12H2,1-2H3,(H,20,22). The quantitative estimate of drug-likeness (QED) is 0.803. The average Bonchev–Trinajstić information content (AvgIpc) is 2.59. The molecule has 0 radical (unpaired) electrons. The molecule has 0 aliphatic carbocycles. The predicted octanol–water partition coefficient (Wildman–Crippen LogP) is 3.48. The normalized spacial score (nSPS) is 10.5. The average molecular weight is 306 g/mol. The molecule has 2 aromatic carbocycles. The summed E-state index contributed by atoms with van der Waals surface area (Å²) in [6.07, 6.45) is 0. The van der Waals surface area contributed by atoms with E-state index < -0.39 is 0 Å². The summed E-state index contributed by atoms with van der Waals surface area (Å²) in [6.45, 7) is 2.34. The highest BCUT2D eigenvalue weighted by Crippen LogP contribution is 2.22. The van der Waals surface area contributed by atoms with Gasteiger partial charge in [-0.1, -0.05) is 30.3 Å². The van der Waals surface area contributed by atoms with Crippen molar-refractivity contribution in [2.75, 3.05) is 7.11 Å². The van der Waals surface area contributed by atoms with Gasteiger partial charge in [0.15, 0.2) is 0 Å². The Balaban J connectivity index is 1.85. The van der Waals surface area contributed by atoms with E-state index in [1.54, 1.807) is 7.11 Å². The Hall–Kier alpha value is -2.88. The van der Waals surface area contributed by atoms with Crippen LogP contribution in [0.15, 0.2) is 54.6 Å². The third-order valence-electron chi connectivity index (χ3n) is 3.75. The van der Waals surface area contributed by atoms with E-state index in [1.165, 1.54) is 0 Å². The van der Waals surface area contributed by atoms with Gasteiger partial charge in [0.25, 0.3) is 5.91 Å². The number of fused-ring (bicyclic) bond motifs is 1. The predicted molar refractivity (Wildman–Crippen MR) is 90.6 cm³/mol. The van der Waals surface area contributed by atoms with Crippen LogP contribution >= 0.6 is 0 Å². The maximum absolute atomic E-state index is 12.5. The van der Waals surface area contributed by atoms with Gasteiger partial charge in [-0.05, 0) is 36.8 Å². The molecule has 1 aromatic heterocycles. The lowest BCUT2D eigenvalue weighted by Crippen LogP contribution is -2.24. The van der Waals surface area contributed by atoms with Crippen molar-refractivity contribution in [2.24, 2.45) is 0 Å². The summed E-state index contributed by atoms with van der Waals surface area (Å²) in [5.41, 5.74) is 3.21. The van der Waals surface area contributed by atoms with E-state index in [2.05, 4.69) is 10.3 Å². The fourth-order valence-electron chi connectivity index (χ4n) is 2.48. The van der Waals surface area contributed by atoms with E-state index in [9.17, 15) is 4.79 Å². The van der Waals surface area contributed by atoms with Crippen molar-refractivity contribution in [3.63, 3.8) is 0 Å². The molecule has 4 nitrogen and oxygen atoms in total. The minimum Gasteiger partial charge on any atom is -0.497 e. The van der Waals surface area contributed by atoms with Crippen LogP contribution in [-0.4, -0.2) is 18.0 Å². The number of benzene rings is 2. The highest BCUT2D eigenvalue weighted by molar-refractivity contribution is 5.98. The zero-order valence-corrected chi connectivity index (χ0v) is 13.2. The summed E-state index contributed by atoms with van der Waals surface area (Å²) >= 11 is 0. The number of aromatic nitrogens is 1. The SMILES string of the molecule is COc1ccc2nc(C)c(C(=O)NCc3ccccc3)cc2c1. The summed E-state index contributed by atoms with van der Waals surface area (Å²) in [4.78, 5) is 17.0. The molecule has 0 atom stereocenters. The van der Waals surface area contributed by atoms with Crippen LogP contribution in [0.3, 0.4) is 0 Å². The first kappa shape index (κ1) is 15.0. The molecular formula is C19H18N2O2. The number of methoxy groups -OCH3 is 1. The van der Waals surface area contributed by atoms with Crippen LogP contribution in [-0.2, 0) is 6.54 Å². The van der Waals surface area contributed by atoms with E-state index in [1.807, 2.05) is 61.5 Å². The highest BCUT2D eigenvalue weighted by Gasteiger charge is 2.12. The summed E-state index contributed by atoms with van der Waals surface area (Å²) in [5, 5.41) is 3.83. The van der Waals surface area contributed by atoms with E-state index in [4.69, 9.17) is 4.74 Å². The molecule has 0 unspecified atom stereocenters. The van der Waals surface area contributed by atoms with Gasteiger partial charge in [-0.15, -0.1) is 0 Å². The second-order valence-electron chi connectivity index (χ2n) is 5.35. The lowest BCUT2D eigenvalue weighted by atomic mass is 10.1. The van der Waals surface area contributed by atoms with Gasteiger partial charge in [0.05, 0.1) is 23.9 Å². The van der Waals surface area contributed by atoms with Gasteiger partial charge >= 0.3 is 0 Å². The summed E-state index contributed by atoms with van der Waals surface area (Å²) in [6, 6.07) is 17.3. The van der Waals surface area contributed by atoms with Gasteiger partial charge in [0.2, 0.25) is 0 Å². The van der Waals surface area contributed by atoms with Crippen molar-refractivity contribution in [1.82, 2.24) is 10.3 Å². The molecule has 0 saturated carbocycles. The number of nitrogens with one attached hydrogen (secondary N) is 1. The number of ether oxygens (including phenoxy) is 1. The fraction of sp³-hybridized carbons (Fsp3) is 0.158. The number of hydrogen-bond donors (Lipinski definition) is 1. The molecule has 1 heterocycles. The van der Waals surface area contributed by atoms with Crippen LogP contribution in [0.2, 0.25) is 0 Å². The first-order valence-corrected chi connectivity index (χ1v) is 7.45. The maximum atomic E-state index is 12.5. The zero-order valence-electron chi connectivity index (χ0n) is 13.2. The van der Waals surface area contributed by atoms with Gasteiger partial charge in [0, 0.05) is 11.9 Å². The monoisotopic (exact) mass is 306 g/mol. The molecule has 1 N–H and O–H groups in total. The lowest BCUT2D eigenvalue weighted by molar-refractivity contribution is 0.0950. The van der Waals surface area contributed by atoms with E-state index in [-0.39, 0.29) is 5.91 Å². The second kappa shape index (κ2) is 6.48. The van der Waals surface area contributed by atoms with Crippen molar-refractivity contribution in [1.29, 1.82) is 0 Å². The molecule has 23 heavy (non-hydrogen) atoms. The van der Waals surface area contributed by atoms with Crippen molar-refractivity contribution in [3.8, 4) is 5.75 Å². The first-order chi connectivity index (χ1) is 11.2. The van der Waals surface area contributed by atoms with Crippen molar-refractivity contribution in [3.05, 3.63) is 71.4 Å². The number of rotatable bonds is 4. The molecule has 0 aliphatic rings. The lowest BCUT2D eigenvalue weighted by Gasteiger charge is -2.09. The molecule has 4 heteroatoms. The molecule has 0 spiro atoms. The Morgan fingerprint density at radius 1 is 1.13 bits per heavy atom. The third kappa shape index (κ3) is 3.31. The Morgan fingerprint density at radius 3 is 2.65 bits per heavy atom. The smallest absolute Gasteiger partial charge is 0.253 e. The Kier molecular flexibility index (Phi) is 4.24. The summed E-state index contributed by atoms with van der Waals surface area (Å²) < 4.78 is 5.23. The number of hydrogen-bond acceptors (Lipinski definition) is 3. The molecule has 116 valence electrons. The number of carbonyl (C=O) groups excluding carboxylic acids is 1. The largest absolute Gasteiger partial charge is 0.497 e. The molecule has 3 rings (SSSR count). The fourth-order valence-corrected chi connectivity index (χ4v) is 2.48. The molecule has 0 bridgehead atoms. The Morgan fingerprint density at radius 2 is 1.91 bits per heavy atom. The Bertz CT molecular complexity index is 845. The van der Waals surface area contributed by atoms with Crippen LogP contribution in [0.4, 0.5) is 0 Å². The highest BCUT2D eigenvalue weighted by atomic mass is 16.5. The van der Waals surface area contributed by atoms with Crippen molar-refractivity contribution in [2.45, 2.75) is 13.5 Å². The zero-order chi connectivity index (χ0) is 16.2. The minimum absolute atomic E-state index is 0.122. The van der Waals surface area contributed by atoms with Crippen LogP contribution in [0.1, 0.15) is 21.6 Å². The number of amides is 1.